The first-order valence-electron chi connectivity index (χ1n) is 8.72. The molecule has 0 aliphatic carbocycles. The number of benzene rings is 1. The molecule has 1 aromatic carbocycles. The van der Waals surface area contributed by atoms with Gasteiger partial charge in [0.15, 0.2) is 33.6 Å². The zero-order valence-electron chi connectivity index (χ0n) is 16.4. The van der Waals surface area contributed by atoms with Crippen molar-refractivity contribution in [2.75, 3.05) is 32.8 Å². The van der Waals surface area contributed by atoms with Crippen LogP contribution in [-0.4, -0.2) is 40.8 Å². The number of methoxy groups -OCH3 is 3. The topological polar surface area (TPSA) is 123 Å². The van der Waals surface area contributed by atoms with Crippen molar-refractivity contribution in [2.24, 2.45) is 0 Å². The molecular weight excluding hydrogens is 392 g/mol. The summed E-state index contributed by atoms with van der Waals surface area (Å²) in [6.45, 7) is 0.614. The molecule has 0 atom stereocenters. The van der Waals surface area contributed by atoms with Crippen LogP contribution in [0.3, 0.4) is 0 Å². The van der Waals surface area contributed by atoms with E-state index < -0.39 is 0 Å². The van der Waals surface area contributed by atoms with Crippen molar-refractivity contribution in [1.29, 1.82) is 0 Å². The molecule has 0 spiro atoms. The minimum atomic E-state index is 0.0948. The number of ether oxygens (including phenoxy) is 3. The van der Waals surface area contributed by atoms with Gasteiger partial charge in [-0.2, -0.15) is 9.97 Å². The molecule has 3 aromatic rings. The molecule has 152 valence electrons. The molecule has 0 saturated heterocycles. The number of hydrogen-bond donors (Lipinski definition) is 2. The monoisotopic (exact) mass is 414 g/mol. The lowest BCUT2D eigenvalue weighted by atomic mass is 10.3. The van der Waals surface area contributed by atoms with Crippen LogP contribution in [0.25, 0.3) is 11.2 Å². The van der Waals surface area contributed by atoms with Gasteiger partial charge in [-0.3, -0.25) is 0 Å². The Morgan fingerprint density at radius 1 is 1.07 bits per heavy atom. The van der Waals surface area contributed by atoms with Gasteiger partial charge in [-0.25, -0.2) is 4.98 Å². The Kier molecular flexibility index (Phi) is 6.19. The number of fused-ring (bicyclic) bond motifs is 1. The summed E-state index contributed by atoms with van der Waals surface area (Å²) in [6, 6.07) is 3.70. The number of aryl methyl sites for hydroxylation is 1. The van der Waals surface area contributed by atoms with Crippen molar-refractivity contribution in [3.8, 4) is 29.6 Å². The highest BCUT2D eigenvalue weighted by atomic mass is 32.2. The molecule has 10 heteroatoms. The van der Waals surface area contributed by atoms with Gasteiger partial charge in [-0.15, -0.1) is 12.3 Å². The summed E-state index contributed by atoms with van der Waals surface area (Å²) in [7, 11) is 4.70. The zero-order valence-corrected chi connectivity index (χ0v) is 17.2. The lowest BCUT2D eigenvalue weighted by molar-refractivity contribution is 0.323. The van der Waals surface area contributed by atoms with E-state index in [1.807, 2.05) is 16.7 Å². The third-order valence-electron chi connectivity index (χ3n) is 4.15. The molecule has 2 aromatic heterocycles. The number of nitrogens with two attached hydrogens (primary N) is 2. The van der Waals surface area contributed by atoms with E-state index in [1.54, 1.807) is 21.3 Å². The van der Waals surface area contributed by atoms with Crippen LogP contribution in [0.4, 0.5) is 11.8 Å². The van der Waals surface area contributed by atoms with Crippen molar-refractivity contribution in [2.45, 2.75) is 29.4 Å². The van der Waals surface area contributed by atoms with E-state index in [1.165, 1.54) is 11.8 Å². The van der Waals surface area contributed by atoms with E-state index in [0.29, 0.717) is 46.5 Å². The maximum Gasteiger partial charge on any atom is 0.224 e. The summed E-state index contributed by atoms with van der Waals surface area (Å²) in [4.78, 5) is 13.8. The quantitative estimate of drug-likeness (QED) is 0.423. The summed E-state index contributed by atoms with van der Waals surface area (Å²) in [5.41, 5.74) is 12.9. The van der Waals surface area contributed by atoms with Gasteiger partial charge in [-0.05, 0) is 18.6 Å². The Hall–Kier alpha value is -3.32. The fourth-order valence-corrected chi connectivity index (χ4v) is 3.83. The van der Waals surface area contributed by atoms with Crippen LogP contribution in [-0.2, 0) is 6.54 Å². The average molecular weight is 414 g/mol. The third-order valence-corrected chi connectivity index (χ3v) is 5.12. The Morgan fingerprint density at radius 2 is 1.76 bits per heavy atom. The molecular formula is C19H22N6O3S. The summed E-state index contributed by atoms with van der Waals surface area (Å²) in [6.07, 6.45) is 6.78. The number of hydrogen-bond acceptors (Lipinski definition) is 9. The first kappa shape index (κ1) is 20.4. The van der Waals surface area contributed by atoms with E-state index in [9.17, 15) is 0 Å². The number of nitrogens with zero attached hydrogens (tertiary/aromatic N) is 4. The van der Waals surface area contributed by atoms with Crippen LogP contribution in [0.1, 0.15) is 12.8 Å². The van der Waals surface area contributed by atoms with E-state index in [4.69, 9.17) is 32.1 Å². The Bertz CT molecular complexity index is 1050. The van der Waals surface area contributed by atoms with E-state index >= 15 is 0 Å². The van der Waals surface area contributed by atoms with Crippen molar-refractivity contribution < 1.29 is 14.2 Å². The summed E-state index contributed by atoms with van der Waals surface area (Å²) in [5.74, 6) is 4.59. The van der Waals surface area contributed by atoms with Gasteiger partial charge in [0.2, 0.25) is 11.7 Å². The maximum atomic E-state index is 6.01. The number of anilines is 2. The SMILES string of the molecule is C#CCCCn1c(Sc2cc(OC)c(OC)c(OC)c2)nc2c(N)nc(N)nc21. The van der Waals surface area contributed by atoms with Gasteiger partial charge in [-0.1, -0.05) is 11.8 Å². The molecule has 0 unspecified atom stereocenters. The number of nitrogen functional groups attached to an aromatic ring is 2. The van der Waals surface area contributed by atoms with Gasteiger partial charge in [0, 0.05) is 17.9 Å². The molecule has 0 amide bonds. The molecule has 0 aliphatic rings. The molecule has 0 aliphatic heterocycles. The van der Waals surface area contributed by atoms with Crippen LogP contribution in [0, 0.1) is 12.3 Å². The standard InChI is InChI=1S/C19H22N6O3S/c1-5-6-7-8-25-17-14(16(20)23-18(21)24-17)22-19(25)29-11-9-12(26-2)15(28-4)13(10-11)27-3/h1,9-10H,6-8H2,2-4H3,(H4,20,21,23,24). The van der Waals surface area contributed by atoms with Crippen LogP contribution in [0.2, 0.25) is 0 Å². The molecule has 0 bridgehead atoms. The number of aromatic nitrogens is 4. The number of imidazole rings is 1. The second-order valence-corrected chi connectivity index (χ2v) is 7.00. The Morgan fingerprint density at radius 3 is 2.34 bits per heavy atom. The second-order valence-electron chi connectivity index (χ2n) is 5.96. The predicted octanol–water partition coefficient (Wildman–Crippen LogP) is 2.58. The van der Waals surface area contributed by atoms with Crippen molar-refractivity contribution in [3.05, 3.63) is 12.1 Å². The van der Waals surface area contributed by atoms with Gasteiger partial charge in [0.25, 0.3) is 0 Å². The smallest absolute Gasteiger partial charge is 0.224 e. The average Bonchev–Trinajstić information content (AvgIpc) is 3.04. The van der Waals surface area contributed by atoms with Gasteiger partial charge in [0.1, 0.15) is 0 Å². The number of terminal acetylenes is 1. The fraction of sp³-hybridized carbons (Fsp3) is 0.316. The third kappa shape index (κ3) is 4.09. The van der Waals surface area contributed by atoms with Crippen LogP contribution in [0.5, 0.6) is 17.2 Å². The molecule has 29 heavy (non-hydrogen) atoms. The van der Waals surface area contributed by atoms with Crippen LogP contribution < -0.4 is 25.7 Å². The van der Waals surface area contributed by atoms with Gasteiger partial charge < -0.3 is 30.2 Å². The minimum absolute atomic E-state index is 0.0948. The fourth-order valence-electron chi connectivity index (χ4n) is 2.86. The minimum Gasteiger partial charge on any atom is -0.493 e. The van der Waals surface area contributed by atoms with Crippen molar-refractivity contribution >= 4 is 34.7 Å². The van der Waals surface area contributed by atoms with Crippen molar-refractivity contribution in [3.63, 3.8) is 0 Å². The van der Waals surface area contributed by atoms with Gasteiger partial charge >= 0.3 is 0 Å². The highest BCUT2D eigenvalue weighted by Crippen LogP contribution is 2.43. The molecule has 0 radical (unpaired) electrons. The lowest BCUT2D eigenvalue weighted by Crippen LogP contribution is -2.04. The highest BCUT2D eigenvalue weighted by molar-refractivity contribution is 7.99. The van der Waals surface area contributed by atoms with E-state index in [0.717, 1.165) is 11.3 Å². The lowest BCUT2D eigenvalue weighted by Gasteiger charge is -2.14. The number of unbranched alkanes of at least 4 members (excludes halogenated alkanes) is 1. The molecule has 0 fully saturated rings. The largest absolute Gasteiger partial charge is 0.493 e. The molecule has 2 heterocycles. The van der Waals surface area contributed by atoms with Gasteiger partial charge in [0.05, 0.1) is 21.3 Å². The van der Waals surface area contributed by atoms with E-state index in [-0.39, 0.29) is 11.8 Å². The molecule has 0 saturated carbocycles. The Balaban J connectivity index is 2.09. The van der Waals surface area contributed by atoms with Crippen LogP contribution >= 0.6 is 11.8 Å². The molecule has 9 nitrogen and oxygen atoms in total. The second kappa shape index (κ2) is 8.79. The van der Waals surface area contributed by atoms with Crippen LogP contribution in [0.15, 0.2) is 22.2 Å². The summed E-state index contributed by atoms with van der Waals surface area (Å²) < 4.78 is 18.2. The zero-order chi connectivity index (χ0) is 21.0. The first-order chi connectivity index (χ1) is 14.0. The Labute approximate surface area is 172 Å². The van der Waals surface area contributed by atoms with E-state index in [2.05, 4.69) is 20.9 Å². The normalized spacial score (nSPS) is 10.7. The first-order valence-corrected chi connectivity index (χ1v) is 9.54. The molecule has 3 rings (SSSR count). The summed E-state index contributed by atoms with van der Waals surface area (Å²) >= 11 is 1.41. The highest BCUT2D eigenvalue weighted by Gasteiger charge is 2.19. The molecule has 4 N–H and O–H groups in total. The predicted molar refractivity (Wildman–Crippen MR) is 112 cm³/mol. The van der Waals surface area contributed by atoms with Crippen molar-refractivity contribution in [1.82, 2.24) is 19.5 Å². The summed E-state index contributed by atoms with van der Waals surface area (Å²) in [5, 5.41) is 0.679. The number of rotatable bonds is 8. The maximum absolute atomic E-state index is 6.01.